The maximum absolute atomic E-state index is 13.5. The molecule has 17 heavy (non-hydrogen) atoms. The molecule has 1 N–H and O–H groups in total. The van der Waals surface area contributed by atoms with Crippen LogP contribution in [-0.4, -0.2) is 11.1 Å². The van der Waals surface area contributed by atoms with E-state index < -0.39 is 23.5 Å². The summed E-state index contributed by atoms with van der Waals surface area (Å²) in [6.45, 7) is 5.11. The Labute approximate surface area is 99.3 Å². The molecule has 0 aliphatic carbocycles. The topological polar surface area (TPSA) is 37.3 Å². The number of hydrogen-bond acceptors (Lipinski definition) is 1. The van der Waals surface area contributed by atoms with Gasteiger partial charge in [0.25, 0.3) is 0 Å². The van der Waals surface area contributed by atoms with E-state index in [9.17, 15) is 13.6 Å². The number of rotatable bonds is 4. The van der Waals surface area contributed by atoms with Crippen LogP contribution in [0.1, 0.15) is 37.8 Å². The molecule has 0 amide bonds. The number of aliphatic carboxylic acids is 1. The van der Waals surface area contributed by atoms with E-state index in [-0.39, 0.29) is 17.9 Å². The van der Waals surface area contributed by atoms with Crippen molar-refractivity contribution in [2.45, 2.75) is 33.1 Å². The lowest BCUT2D eigenvalue weighted by Crippen LogP contribution is -2.13. The zero-order chi connectivity index (χ0) is 13.2. The quantitative estimate of drug-likeness (QED) is 0.879. The van der Waals surface area contributed by atoms with Crippen LogP contribution in [0.2, 0.25) is 0 Å². The summed E-state index contributed by atoms with van der Waals surface area (Å²) >= 11 is 0. The molecule has 1 atom stereocenters. The number of halogens is 2. The van der Waals surface area contributed by atoms with Crippen LogP contribution in [0.4, 0.5) is 8.78 Å². The molecule has 0 fully saturated rings. The molecule has 0 aliphatic heterocycles. The molecule has 4 heteroatoms. The third-order valence-corrected chi connectivity index (χ3v) is 2.74. The first-order valence-corrected chi connectivity index (χ1v) is 5.53. The second-order valence-corrected chi connectivity index (χ2v) is 4.56. The Bertz CT molecular complexity index is 428. The molecule has 0 bridgehead atoms. The number of benzene rings is 1. The van der Waals surface area contributed by atoms with Gasteiger partial charge in [0.15, 0.2) is 0 Å². The fourth-order valence-corrected chi connectivity index (χ4v) is 1.63. The van der Waals surface area contributed by atoms with Crippen LogP contribution in [0, 0.1) is 17.6 Å². The van der Waals surface area contributed by atoms with Crippen LogP contribution in [0.3, 0.4) is 0 Å². The van der Waals surface area contributed by atoms with Crippen molar-refractivity contribution in [1.82, 2.24) is 0 Å². The summed E-state index contributed by atoms with van der Waals surface area (Å²) in [6, 6.07) is 2.26. The average Bonchev–Trinajstić information content (AvgIpc) is 2.21. The Morgan fingerprint density at radius 1 is 1.24 bits per heavy atom. The van der Waals surface area contributed by atoms with Crippen molar-refractivity contribution in [2.24, 2.45) is 5.92 Å². The van der Waals surface area contributed by atoms with Gasteiger partial charge in [0.1, 0.15) is 11.6 Å². The number of carbonyl (C=O) groups is 1. The van der Waals surface area contributed by atoms with Gasteiger partial charge in [-0.25, -0.2) is 8.78 Å². The minimum absolute atomic E-state index is 0.0607. The number of hydrogen-bond donors (Lipinski definition) is 1. The zero-order valence-electron chi connectivity index (χ0n) is 10.1. The third-order valence-electron chi connectivity index (χ3n) is 2.74. The molecule has 0 saturated carbocycles. The van der Waals surface area contributed by atoms with E-state index in [1.54, 1.807) is 13.8 Å². The Morgan fingerprint density at radius 2 is 1.82 bits per heavy atom. The maximum atomic E-state index is 13.5. The maximum Gasteiger partial charge on any atom is 0.306 e. The Morgan fingerprint density at radius 3 is 2.29 bits per heavy atom. The first kappa shape index (κ1) is 13.6. The molecular formula is C13H16F2O2. The summed E-state index contributed by atoms with van der Waals surface area (Å²) in [5.41, 5.74) is 0.670. The van der Waals surface area contributed by atoms with Crippen LogP contribution in [0.5, 0.6) is 0 Å². The second-order valence-electron chi connectivity index (χ2n) is 4.56. The fourth-order valence-electron chi connectivity index (χ4n) is 1.63. The monoisotopic (exact) mass is 242 g/mol. The molecule has 0 radical (unpaired) electrons. The number of carboxylic acids is 1. The van der Waals surface area contributed by atoms with E-state index in [0.717, 1.165) is 6.07 Å². The van der Waals surface area contributed by atoms with Gasteiger partial charge in [-0.3, -0.25) is 4.79 Å². The minimum Gasteiger partial charge on any atom is -0.481 e. The first-order valence-electron chi connectivity index (χ1n) is 5.53. The highest BCUT2D eigenvalue weighted by Crippen LogP contribution is 2.23. The molecule has 0 heterocycles. The van der Waals surface area contributed by atoms with Gasteiger partial charge in [-0.05, 0) is 29.5 Å². The van der Waals surface area contributed by atoms with E-state index in [4.69, 9.17) is 5.11 Å². The lowest BCUT2D eigenvalue weighted by Gasteiger charge is -2.12. The third kappa shape index (κ3) is 3.25. The van der Waals surface area contributed by atoms with Crippen LogP contribution >= 0.6 is 0 Å². The fraction of sp³-hybridized carbons (Fsp3) is 0.462. The Balaban J connectivity index is 3.07. The van der Waals surface area contributed by atoms with E-state index in [0.29, 0.717) is 5.56 Å². The molecule has 0 spiro atoms. The van der Waals surface area contributed by atoms with Gasteiger partial charge in [0.2, 0.25) is 0 Å². The molecule has 94 valence electrons. The van der Waals surface area contributed by atoms with Gasteiger partial charge in [-0.1, -0.05) is 20.8 Å². The van der Waals surface area contributed by atoms with Crippen LogP contribution < -0.4 is 0 Å². The molecule has 2 nitrogen and oxygen atoms in total. The summed E-state index contributed by atoms with van der Waals surface area (Å²) in [7, 11) is 0. The van der Waals surface area contributed by atoms with E-state index >= 15 is 0 Å². The van der Waals surface area contributed by atoms with Crippen molar-refractivity contribution in [3.8, 4) is 0 Å². The molecule has 1 aromatic carbocycles. The van der Waals surface area contributed by atoms with Gasteiger partial charge < -0.3 is 5.11 Å². The highest BCUT2D eigenvalue weighted by atomic mass is 19.1. The molecule has 1 unspecified atom stereocenters. The normalized spacial score (nSPS) is 12.8. The Kier molecular flexibility index (Phi) is 4.21. The summed E-state index contributed by atoms with van der Waals surface area (Å²) in [4.78, 5) is 10.7. The average molecular weight is 242 g/mol. The summed E-state index contributed by atoms with van der Waals surface area (Å²) in [6.07, 6.45) is 0.0706. The smallest absolute Gasteiger partial charge is 0.306 e. The molecule has 0 saturated heterocycles. The molecular weight excluding hydrogens is 226 g/mol. The van der Waals surface area contributed by atoms with Crippen molar-refractivity contribution >= 4 is 5.97 Å². The van der Waals surface area contributed by atoms with Crippen LogP contribution in [0.25, 0.3) is 0 Å². The zero-order valence-corrected chi connectivity index (χ0v) is 10.1. The van der Waals surface area contributed by atoms with Gasteiger partial charge in [-0.15, -0.1) is 0 Å². The van der Waals surface area contributed by atoms with Gasteiger partial charge in [-0.2, -0.15) is 0 Å². The number of carboxylic acid groups (broad SMARTS) is 1. The lowest BCUT2D eigenvalue weighted by atomic mass is 9.95. The molecule has 0 aliphatic rings. The predicted octanol–water partition coefficient (Wildman–Crippen LogP) is 3.35. The van der Waals surface area contributed by atoms with Crippen molar-refractivity contribution in [3.63, 3.8) is 0 Å². The van der Waals surface area contributed by atoms with Crippen molar-refractivity contribution < 1.29 is 18.7 Å². The van der Waals surface area contributed by atoms with Gasteiger partial charge >= 0.3 is 5.97 Å². The van der Waals surface area contributed by atoms with E-state index in [1.165, 1.54) is 13.0 Å². The SMILES string of the molecule is CC(Cc1cc(C(C)C)c(F)cc1F)C(=O)O. The van der Waals surface area contributed by atoms with Crippen LogP contribution in [-0.2, 0) is 11.2 Å². The minimum atomic E-state index is -0.986. The van der Waals surface area contributed by atoms with Crippen molar-refractivity contribution in [2.75, 3.05) is 0 Å². The standard InChI is InChI=1S/C13H16F2O2/c1-7(2)10-5-9(4-8(3)13(16)17)11(14)6-12(10)15/h5-8H,4H2,1-3H3,(H,16,17). The largest absolute Gasteiger partial charge is 0.481 e. The summed E-state index contributed by atoms with van der Waals surface area (Å²) in [5, 5.41) is 8.77. The molecule has 1 rings (SSSR count). The molecule has 0 aromatic heterocycles. The lowest BCUT2D eigenvalue weighted by molar-refractivity contribution is -0.141. The van der Waals surface area contributed by atoms with Gasteiger partial charge in [0, 0.05) is 6.07 Å². The molecule has 1 aromatic rings. The van der Waals surface area contributed by atoms with Crippen molar-refractivity contribution in [1.29, 1.82) is 0 Å². The van der Waals surface area contributed by atoms with Crippen LogP contribution in [0.15, 0.2) is 12.1 Å². The Hall–Kier alpha value is -1.45. The second kappa shape index (κ2) is 5.25. The van der Waals surface area contributed by atoms with E-state index in [1.807, 2.05) is 0 Å². The first-order chi connectivity index (χ1) is 7.82. The summed E-state index contributed by atoms with van der Waals surface area (Å²) in [5.74, 6) is -2.99. The predicted molar refractivity (Wildman–Crippen MR) is 61.0 cm³/mol. The highest BCUT2D eigenvalue weighted by molar-refractivity contribution is 5.69. The highest BCUT2D eigenvalue weighted by Gasteiger charge is 2.17. The van der Waals surface area contributed by atoms with E-state index in [2.05, 4.69) is 0 Å². The summed E-state index contributed by atoms with van der Waals surface area (Å²) < 4.78 is 26.9. The van der Waals surface area contributed by atoms with Gasteiger partial charge in [0.05, 0.1) is 5.92 Å². The van der Waals surface area contributed by atoms with Crippen molar-refractivity contribution in [3.05, 3.63) is 34.9 Å².